The highest BCUT2D eigenvalue weighted by Gasteiger charge is 2.23. The molecule has 0 bridgehead atoms. The Kier molecular flexibility index (Phi) is 5.48. The van der Waals surface area contributed by atoms with E-state index in [1.807, 2.05) is 19.1 Å². The second-order valence-electron chi connectivity index (χ2n) is 6.11. The van der Waals surface area contributed by atoms with Crippen LogP contribution in [0.25, 0.3) is 0 Å². The average Bonchev–Trinajstić information content (AvgIpc) is 2.87. The van der Waals surface area contributed by atoms with Gasteiger partial charge in [-0.3, -0.25) is 14.6 Å². The SMILES string of the molecule is CCOc1cc(=O)n2c(c1C(=O)NCc1cccnc1)CCCCC2. The second kappa shape index (κ2) is 7.96. The molecule has 0 radical (unpaired) electrons. The van der Waals surface area contributed by atoms with Crippen LogP contribution in [-0.4, -0.2) is 22.1 Å². The highest BCUT2D eigenvalue weighted by atomic mass is 16.5. The first-order valence-corrected chi connectivity index (χ1v) is 8.77. The molecule has 2 aromatic heterocycles. The van der Waals surface area contributed by atoms with Gasteiger partial charge in [0.2, 0.25) is 0 Å². The Labute approximate surface area is 146 Å². The highest BCUT2D eigenvalue weighted by molar-refractivity contribution is 5.98. The number of carbonyl (C=O) groups is 1. The normalized spacial score (nSPS) is 13.6. The van der Waals surface area contributed by atoms with Gasteiger partial charge in [-0.15, -0.1) is 0 Å². The lowest BCUT2D eigenvalue weighted by atomic mass is 10.1. The summed E-state index contributed by atoms with van der Waals surface area (Å²) >= 11 is 0. The molecule has 3 rings (SSSR count). The molecule has 0 atom stereocenters. The maximum absolute atomic E-state index is 12.9. The Morgan fingerprint density at radius 1 is 1.36 bits per heavy atom. The van der Waals surface area contributed by atoms with Crippen LogP contribution in [0.1, 0.15) is 47.8 Å². The van der Waals surface area contributed by atoms with Crippen molar-refractivity contribution in [2.45, 2.75) is 45.7 Å². The minimum Gasteiger partial charge on any atom is -0.493 e. The minimum absolute atomic E-state index is 0.0934. The molecule has 6 heteroatoms. The standard InChI is InChI=1S/C19H23N3O3/c1-2-25-16-11-17(23)22-10-5-3-4-8-15(22)18(16)19(24)21-13-14-7-6-9-20-12-14/h6-7,9,11-12H,2-5,8,10,13H2,1H3,(H,21,24). The number of aromatic nitrogens is 2. The van der Waals surface area contributed by atoms with Gasteiger partial charge >= 0.3 is 0 Å². The van der Waals surface area contributed by atoms with Crippen LogP contribution in [0.15, 0.2) is 35.4 Å². The summed E-state index contributed by atoms with van der Waals surface area (Å²) in [7, 11) is 0. The van der Waals surface area contributed by atoms with E-state index in [9.17, 15) is 9.59 Å². The van der Waals surface area contributed by atoms with Crippen molar-refractivity contribution >= 4 is 5.91 Å². The molecule has 6 nitrogen and oxygen atoms in total. The first-order chi connectivity index (χ1) is 12.2. The number of carbonyl (C=O) groups excluding carboxylic acids is 1. The Bertz CT molecular complexity index is 800. The van der Waals surface area contributed by atoms with E-state index in [0.29, 0.717) is 37.4 Å². The van der Waals surface area contributed by atoms with E-state index in [-0.39, 0.29) is 11.5 Å². The molecular weight excluding hydrogens is 318 g/mol. The average molecular weight is 341 g/mol. The summed E-state index contributed by atoms with van der Waals surface area (Å²) in [5, 5.41) is 2.93. The lowest BCUT2D eigenvalue weighted by Gasteiger charge is -2.18. The van der Waals surface area contributed by atoms with E-state index >= 15 is 0 Å². The first kappa shape index (κ1) is 17.2. The molecule has 1 aliphatic heterocycles. The molecule has 0 aliphatic carbocycles. The first-order valence-electron chi connectivity index (χ1n) is 8.77. The fraction of sp³-hybridized carbons (Fsp3) is 0.421. The van der Waals surface area contributed by atoms with Crippen LogP contribution < -0.4 is 15.6 Å². The molecule has 1 N–H and O–H groups in total. The molecule has 0 fully saturated rings. The summed E-state index contributed by atoms with van der Waals surface area (Å²) in [5.74, 6) is 0.169. The van der Waals surface area contributed by atoms with Gasteiger partial charge in [0.1, 0.15) is 11.3 Å². The Morgan fingerprint density at radius 2 is 2.24 bits per heavy atom. The molecule has 25 heavy (non-hydrogen) atoms. The number of amides is 1. The van der Waals surface area contributed by atoms with Gasteiger partial charge < -0.3 is 14.6 Å². The molecule has 2 aromatic rings. The van der Waals surface area contributed by atoms with Crippen molar-refractivity contribution in [1.82, 2.24) is 14.9 Å². The number of fused-ring (bicyclic) bond motifs is 1. The van der Waals surface area contributed by atoms with Gasteiger partial charge in [-0.05, 0) is 37.8 Å². The van der Waals surface area contributed by atoms with E-state index in [0.717, 1.165) is 30.5 Å². The van der Waals surface area contributed by atoms with E-state index < -0.39 is 0 Å². The molecule has 0 aromatic carbocycles. The van der Waals surface area contributed by atoms with Crippen LogP contribution in [0.4, 0.5) is 0 Å². The fourth-order valence-electron chi connectivity index (χ4n) is 3.20. The lowest BCUT2D eigenvalue weighted by Crippen LogP contribution is -2.31. The smallest absolute Gasteiger partial charge is 0.257 e. The summed E-state index contributed by atoms with van der Waals surface area (Å²) in [6.07, 6.45) is 7.12. The maximum Gasteiger partial charge on any atom is 0.257 e. The number of pyridine rings is 2. The fourth-order valence-corrected chi connectivity index (χ4v) is 3.20. The summed E-state index contributed by atoms with van der Waals surface area (Å²) in [6.45, 7) is 3.30. The van der Waals surface area contributed by atoms with E-state index in [1.165, 1.54) is 6.07 Å². The largest absolute Gasteiger partial charge is 0.493 e. The third kappa shape index (κ3) is 3.90. The molecule has 0 saturated carbocycles. The monoisotopic (exact) mass is 341 g/mol. The van der Waals surface area contributed by atoms with Gasteiger partial charge in [-0.1, -0.05) is 12.5 Å². The molecule has 1 aliphatic rings. The molecule has 0 saturated heterocycles. The molecule has 3 heterocycles. The maximum atomic E-state index is 12.9. The van der Waals surface area contributed by atoms with Crippen molar-refractivity contribution in [1.29, 1.82) is 0 Å². The predicted molar refractivity (Wildman–Crippen MR) is 94.8 cm³/mol. The van der Waals surface area contributed by atoms with Gasteiger partial charge in [-0.2, -0.15) is 0 Å². The van der Waals surface area contributed by atoms with Crippen molar-refractivity contribution in [3.05, 3.63) is 57.8 Å². The zero-order chi connectivity index (χ0) is 17.6. The number of rotatable bonds is 5. The van der Waals surface area contributed by atoms with E-state index in [4.69, 9.17) is 4.74 Å². The molecule has 0 unspecified atom stereocenters. The van der Waals surface area contributed by atoms with Crippen molar-refractivity contribution in [2.24, 2.45) is 0 Å². The van der Waals surface area contributed by atoms with E-state index in [2.05, 4.69) is 10.3 Å². The van der Waals surface area contributed by atoms with Crippen molar-refractivity contribution < 1.29 is 9.53 Å². The van der Waals surface area contributed by atoms with Crippen LogP contribution in [-0.2, 0) is 19.5 Å². The van der Waals surface area contributed by atoms with Crippen LogP contribution in [0.2, 0.25) is 0 Å². The van der Waals surface area contributed by atoms with Gasteiger partial charge in [0, 0.05) is 37.2 Å². The van der Waals surface area contributed by atoms with Gasteiger partial charge in [-0.25, -0.2) is 0 Å². The third-order valence-corrected chi connectivity index (χ3v) is 4.38. The predicted octanol–water partition coefficient (Wildman–Crippen LogP) is 2.30. The quantitative estimate of drug-likeness (QED) is 0.906. The topological polar surface area (TPSA) is 73.2 Å². The van der Waals surface area contributed by atoms with Crippen LogP contribution >= 0.6 is 0 Å². The second-order valence-corrected chi connectivity index (χ2v) is 6.11. The lowest BCUT2D eigenvalue weighted by molar-refractivity contribution is 0.0945. The summed E-state index contributed by atoms with van der Waals surface area (Å²) in [6, 6.07) is 5.19. The zero-order valence-corrected chi connectivity index (χ0v) is 14.5. The van der Waals surface area contributed by atoms with Gasteiger partial charge in [0.25, 0.3) is 11.5 Å². The number of nitrogens with zero attached hydrogens (tertiary/aromatic N) is 2. The Hall–Kier alpha value is -2.63. The summed E-state index contributed by atoms with van der Waals surface area (Å²) in [5.41, 5.74) is 2.11. The Morgan fingerprint density at radius 3 is 3.00 bits per heavy atom. The van der Waals surface area contributed by atoms with Crippen molar-refractivity contribution in [3.8, 4) is 5.75 Å². The molecule has 0 spiro atoms. The molecular formula is C19H23N3O3. The molecule has 1 amide bonds. The Balaban J connectivity index is 1.94. The van der Waals surface area contributed by atoms with Crippen molar-refractivity contribution in [2.75, 3.05) is 6.61 Å². The number of hydrogen-bond acceptors (Lipinski definition) is 4. The van der Waals surface area contributed by atoms with E-state index in [1.54, 1.807) is 17.0 Å². The molecule has 132 valence electrons. The number of hydrogen-bond donors (Lipinski definition) is 1. The highest BCUT2D eigenvalue weighted by Crippen LogP contribution is 2.25. The zero-order valence-electron chi connectivity index (χ0n) is 14.5. The van der Waals surface area contributed by atoms with Crippen LogP contribution in [0, 0.1) is 0 Å². The van der Waals surface area contributed by atoms with Gasteiger partial charge in [0.05, 0.1) is 6.61 Å². The summed E-state index contributed by atoms with van der Waals surface area (Å²) < 4.78 is 7.34. The third-order valence-electron chi connectivity index (χ3n) is 4.38. The summed E-state index contributed by atoms with van der Waals surface area (Å²) in [4.78, 5) is 29.3. The minimum atomic E-state index is -0.210. The number of nitrogens with one attached hydrogen (secondary N) is 1. The number of ether oxygens (including phenoxy) is 1. The van der Waals surface area contributed by atoms with Crippen LogP contribution in [0.3, 0.4) is 0 Å². The van der Waals surface area contributed by atoms with Crippen molar-refractivity contribution in [3.63, 3.8) is 0 Å². The van der Waals surface area contributed by atoms with Crippen LogP contribution in [0.5, 0.6) is 5.75 Å². The van der Waals surface area contributed by atoms with Gasteiger partial charge in [0.15, 0.2) is 0 Å².